The second kappa shape index (κ2) is 9.85. The number of nitrogens with zero attached hydrogens (tertiary/aromatic N) is 2. The van der Waals surface area contributed by atoms with Gasteiger partial charge < -0.3 is 14.5 Å². The SMILES string of the molecule is O=C(COc1ccccc1)N1CCC(C(=O)N(Cc2ccc(C(F)(F)F)cc2)C2CC2)CC1. The Morgan fingerprint density at radius 3 is 2.15 bits per heavy atom. The van der Waals surface area contributed by atoms with Gasteiger partial charge in [-0.15, -0.1) is 0 Å². The van der Waals surface area contributed by atoms with Gasteiger partial charge in [-0.25, -0.2) is 0 Å². The van der Waals surface area contributed by atoms with Gasteiger partial charge in [0, 0.05) is 31.6 Å². The van der Waals surface area contributed by atoms with Gasteiger partial charge in [-0.1, -0.05) is 30.3 Å². The summed E-state index contributed by atoms with van der Waals surface area (Å²) in [5, 5.41) is 0. The van der Waals surface area contributed by atoms with Gasteiger partial charge >= 0.3 is 6.18 Å². The monoisotopic (exact) mass is 460 g/mol. The molecule has 4 rings (SSSR count). The van der Waals surface area contributed by atoms with Crippen LogP contribution < -0.4 is 4.74 Å². The van der Waals surface area contributed by atoms with Crippen LogP contribution in [-0.2, 0) is 22.3 Å². The van der Waals surface area contributed by atoms with Gasteiger partial charge in [0.15, 0.2) is 6.61 Å². The van der Waals surface area contributed by atoms with Gasteiger partial charge in [0.1, 0.15) is 5.75 Å². The van der Waals surface area contributed by atoms with Crippen LogP contribution >= 0.6 is 0 Å². The van der Waals surface area contributed by atoms with E-state index in [0.29, 0.717) is 43.8 Å². The molecule has 2 amide bonds. The van der Waals surface area contributed by atoms with Crippen molar-refractivity contribution in [2.45, 2.75) is 44.4 Å². The number of alkyl halides is 3. The molecule has 0 N–H and O–H groups in total. The summed E-state index contributed by atoms with van der Waals surface area (Å²) >= 11 is 0. The summed E-state index contributed by atoms with van der Waals surface area (Å²) in [7, 11) is 0. The number of carbonyl (C=O) groups excluding carboxylic acids is 2. The average Bonchev–Trinajstić information content (AvgIpc) is 3.66. The first kappa shape index (κ1) is 23.1. The number of hydrogen-bond donors (Lipinski definition) is 0. The molecule has 1 saturated carbocycles. The van der Waals surface area contributed by atoms with Crippen molar-refractivity contribution >= 4 is 11.8 Å². The van der Waals surface area contributed by atoms with E-state index in [9.17, 15) is 22.8 Å². The number of piperidine rings is 1. The van der Waals surface area contributed by atoms with Gasteiger partial charge in [0.2, 0.25) is 5.91 Å². The molecule has 1 aliphatic heterocycles. The van der Waals surface area contributed by atoms with Crippen LogP contribution in [0.5, 0.6) is 5.75 Å². The van der Waals surface area contributed by atoms with Crippen molar-refractivity contribution in [3.05, 3.63) is 65.7 Å². The Morgan fingerprint density at radius 2 is 1.58 bits per heavy atom. The van der Waals surface area contributed by atoms with Crippen molar-refractivity contribution < 1.29 is 27.5 Å². The molecule has 1 heterocycles. The number of para-hydroxylation sites is 1. The molecule has 0 spiro atoms. The average molecular weight is 460 g/mol. The quantitative estimate of drug-likeness (QED) is 0.611. The molecule has 0 aromatic heterocycles. The number of ether oxygens (including phenoxy) is 1. The molecule has 0 radical (unpaired) electrons. The first-order chi connectivity index (χ1) is 15.8. The molecular weight excluding hydrogens is 433 g/mol. The highest BCUT2D eigenvalue weighted by atomic mass is 19.4. The molecule has 2 aliphatic rings. The van der Waals surface area contributed by atoms with Crippen molar-refractivity contribution in [3.63, 3.8) is 0 Å². The molecule has 0 atom stereocenters. The second-order valence-corrected chi connectivity index (χ2v) is 8.65. The Bertz CT molecular complexity index is 951. The second-order valence-electron chi connectivity index (χ2n) is 8.65. The van der Waals surface area contributed by atoms with Crippen LogP contribution in [0, 0.1) is 5.92 Å². The fraction of sp³-hybridized carbons (Fsp3) is 0.440. The minimum Gasteiger partial charge on any atom is -0.484 e. The van der Waals surface area contributed by atoms with E-state index in [1.165, 1.54) is 12.1 Å². The highest BCUT2D eigenvalue weighted by Crippen LogP contribution is 2.33. The number of halogens is 3. The number of carbonyl (C=O) groups is 2. The van der Waals surface area contributed by atoms with Crippen LogP contribution in [0.4, 0.5) is 13.2 Å². The fourth-order valence-corrected chi connectivity index (χ4v) is 4.13. The van der Waals surface area contributed by atoms with Crippen molar-refractivity contribution in [2.75, 3.05) is 19.7 Å². The number of benzene rings is 2. The smallest absolute Gasteiger partial charge is 0.416 e. The molecule has 2 aromatic rings. The Hall–Kier alpha value is -3.03. The lowest BCUT2D eigenvalue weighted by atomic mass is 9.94. The van der Waals surface area contributed by atoms with Crippen LogP contribution in [-0.4, -0.2) is 47.4 Å². The lowest BCUT2D eigenvalue weighted by molar-refractivity contribution is -0.142. The van der Waals surface area contributed by atoms with E-state index in [1.807, 2.05) is 23.1 Å². The molecule has 2 aromatic carbocycles. The van der Waals surface area contributed by atoms with Crippen molar-refractivity contribution in [2.24, 2.45) is 5.92 Å². The zero-order valence-electron chi connectivity index (χ0n) is 18.3. The normalized spacial score (nSPS) is 17.0. The number of rotatable bonds is 7. The maximum Gasteiger partial charge on any atom is 0.416 e. The first-order valence-corrected chi connectivity index (χ1v) is 11.2. The summed E-state index contributed by atoms with van der Waals surface area (Å²) in [4.78, 5) is 29.2. The molecule has 1 saturated heterocycles. The molecule has 176 valence electrons. The molecule has 8 heteroatoms. The van der Waals surface area contributed by atoms with Crippen LogP contribution in [0.3, 0.4) is 0 Å². The molecule has 0 unspecified atom stereocenters. The topological polar surface area (TPSA) is 49.9 Å². The summed E-state index contributed by atoms with van der Waals surface area (Å²) in [6.07, 6.45) is -1.39. The van der Waals surface area contributed by atoms with Gasteiger partial charge in [-0.2, -0.15) is 13.2 Å². The predicted octanol–water partition coefficient (Wildman–Crippen LogP) is 4.51. The lowest BCUT2D eigenvalue weighted by Crippen LogP contribution is -2.46. The third kappa shape index (κ3) is 6.06. The minimum absolute atomic E-state index is 0.0324. The van der Waals surface area contributed by atoms with Crippen LogP contribution in [0.1, 0.15) is 36.8 Å². The molecule has 2 fully saturated rings. The van der Waals surface area contributed by atoms with Gasteiger partial charge in [0.05, 0.1) is 5.56 Å². The zero-order chi connectivity index (χ0) is 23.4. The number of amides is 2. The summed E-state index contributed by atoms with van der Waals surface area (Å²) < 4.78 is 44.0. The van der Waals surface area contributed by atoms with Crippen LogP contribution in [0.2, 0.25) is 0 Å². The van der Waals surface area contributed by atoms with E-state index in [4.69, 9.17) is 4.74 Å². The third-order valence-corrected chi connectivity index (χ3v) is 6.21. The standard InChI is InChI=1S/C25H27F3N2O3/c26-25(27,28)20-8-6-18(7-9-20)16-30(21-10-11-21)24(32)19-12-14-29(15-13-19)23(31)17-33-22-4-2-1-3-5-22/h1-9,19,21H,10-17H2. The van der Waals surface area contributed by atoms with Crippen molar-refractivity contribution in [1.82, 2.24) is 9.80 Å². The van der Waals surface area contributed by atoms with E-state index < -0.39 is 11.7 Å². The van der Waals surface area contributed by atoms with Gasteiger partial charge in [0.25, 0.3) is 5.91 Å². The highest BCUT2D eigenvalue weighted by Gasteiger charge is 2.37. The molecule has 0 bridgehead atoms. The molecule has 1 aliphatic carbocycles. The van der Waals surface area contributed by atoms with E-state index in [-0.39, 0.29) is 30.4 Å². The molecular formula is C25H27F3N2O3. The zero-order valence-corrected chi connectivity index (χ0v) is 18.3. The summed E-state index contributed by atoms with van der Waals surface area (Å²) in [5.74, 6) is 0.386. The van der Waals surface area contributed by atoms with E-state index >= 15 is 0 Å². The van der Waals surface area contributed by atoms with Crippen LogP contribution in [0.25, 0.3) is 0 Å². The summed E-state index contributed by atoms with van der Waals surface area (Å²) in [6, 6.07) is 14.3. The van der Waals surface area contributed by atoms with E-state index in [2.05, 4.69) is 0 Å². The Kier molecular flexibility index (Phi) is 6.91. The first-order valence-electron chi connectivity index (χ1n) is 11.2. The molecule has 5 nitrogen and oxygen atoms in total. The Morgan fingerprint density at radius 1 is 0.939 bits per heavy atom. The summed E-state index contributed by atoms with van der Waals surface area (Å²) in [5.41, 5.74) is -0.00208. The third-order valence-electron chi connectivity index (χ3n) is 6.21. The molecule has 33 heavy (non-hydrogen) atoms. The summed E-state index contributed by atoms with van der Waals surface area (Å²) in [6.45, 7) is 1.26. The van der Waals surface area contributed by atoms with Crippen LogP contribution in [0.15, 0.2) is 54.6 Å². The highest BCUT2D eigenvalue weighted by molar-refractivity contribution is 5.81. The number of likely N-dealkylation sites (tertiary alicyclic amines) is 1. The maximum absolute atomic E-state index is 13.2. The Balaban J connectivity index is 1.29. The Labute approximate surface area is 191 Å². The maximum atomic E-state index is 13.2. The van der Waals surface area contributed by atoms with Crippen molar-refractivity contribution in [3.8, 4) is 5.75 Å². The van der Waals surface area contributed by atoms with E-state index in [1.54, 1.807) is 17.0 Å². The van der Waals surface area contributed by atoms with Gasteiger partial charge in [-0.05, 0) is 55.5 Å². The van der Waals surface area contributed by atoms with Gasteiger partial charge in [-0.3, -0.25) is 9.59 Å². The fourth-order valence-electron chi connectivity index (χ4n) is 4.13. The van der Waals surface area contributed by atoms with E-state index in [0.717, 1.165) is 25.0 Å². The predicted molar refractivity (Wildman–Crippen MR) is 116 cm³/mol. The number of hydrogen-bond acceptors (Lipinski definition) is 3. The van der Waals surface area contributed by atoms with Crippen molar-refractivity contribution in [1.29, 1.82) is 0 Å². The minimum atomic E-state index is -4.37. The lowest BCUT2D eigenvalue weighted by Gasteiger charge is -2.34. The largest absolute Gasteiger partial charge is 0.484 e.